The molecule has 1 aromatic rings. The number of hydrogen-bond acceptors (Lipinski definition) is 2. The lowest BCUT2D eigenvalue weighted by Crippen LogP contribution is -2.26. The van der Waals surface area contributed by atoms with Crippen LogP contribution in [0.25, 0.3) is 0 Å². The summed E-state index contributed by atoms with van der Waals surface area (Å²) in [4.78, 5) is 11.7. The van der Waals surface area contributed by atoms with Crippen LogP contribution in [0.4, 0.5) is 4.39 Å². The highest BCUT2D eigenvalue weighted by atomic mass is 19.1. The van der Waals surface area contributed by atoms with Gasteiger partial charge in [-0.1, -0.05) is 11.6 Å². The van der Waals surface area contributed by atoms with E-state index < -0.39 is 5.82 Å². The number of ether oxygens (including phenoxy) is 1. The molecule has 0 saturated heterocycles. The molecule has 0 bridgehead atoms. The molecule has 0 heterocycles. The van der Waals surface area contributed by atoms with Crippen molar-refractivity contribution in [3.05, 3.63) is 35.1 Å². The molecule has 0 saturated carbocycles. The van der Waals surface area contributed by atoms with Crippen molar-refractivity contribution in [1.29, 1.82) is 0 Å². The maximum Gasteiger partial charge on any atom is 0.254 e. The largest absolute Gasteiger partial charge is 0.382 e. The van der Waals surface area contributed by atoms with Crippen molar-refractivity contribution in [2.24, 2.45) is 0 Å². The van der Waals surface area contributed by atoms with Gasteiger partial charge < -0.3 is 10.1 Å². The van der Waals surface area contributed by atoms with E-state index in [2.05, 4.69) is 5.32 Å². The van der Waals surface area contributed by atoms with E-state index in [1.807, 2.05) is 13.8 Å². The smallest absolute Gasteiger partial charge is 0.254 e. The van der Waals surface area contributed by atoms with Crippen LogP contribution in [-0.4, -0.2) is 25.7 Å². The highest BCUT2D eigenvalue weighted by Crippen LogP contribution is 2.09. The van der Waals surface area contributed by atoms with Crippen LogP contribution in [0, 0.1) is 12.7 Å². The summed E-state index contributed by atoms with van der Waals surface area (Å²) < 4.78 is 18.5. The first-order chi connectivity index (χ1) is 8.15. The van der Waals surface area contributed by atoms with Crippen molar-refractivity contribution in [1.82, 2.24) is 5.32 Å². The number of amides is 1. The SMILES string of the molecule is CCOCCCNC(=O)c1cc(C)ccc1F. The first-order valence-electron chi connectivity index (χ1n) is 5.77. The summed E-state index contributed by atoms with van der Waals surface area (Å²) in [7, 11) is 0. The molecule has 0 spiro atoms. The molecule has 0 aliphatic rings. The van der Waals surface area contributed by atoms with E-state index in [9.17, 15) is 9.18 Å². The maximum absolute atomic E-state index is 13.4. The molecule has 0 unspecified atom stereocenters. The van der Waals surface area contributed by atoms with Crippen LogP contribution in [0.3, 0.4) is 0 Å². The number of carbonyl (C=O) groups excluding carboxylic acids is 1. The van der Waals surface area contributed by atoms with Crippen LogP contribution >= 0.6 is 0 Å². The average molecular weight is 239 g/mol. The number of aryl methyl sites for hydroxylation is 1. The molecule has 4 heteroatoms. The predicted octanol–water partition coefficient (Wildman–Crippen LogP) is 2.29. The Morgan fingerprint density at radius 3 is 2.94 bits per heavy atom. The zero-order chi connectivity index (χ0) is 12.7. The van der Waals surface area contributed by atoms with Gasteiger partial charge in [0, 0.05) is 19.8 Å². The minimum atomic E-state index is -0.488. The van der Waals surface area contributed by atoms with E-state index in [-0.39, 0.29) is 11.5 Å². The Kier molecular flexibility index (Phi) is 5.63. The van der Waals surface area contributed by atoms with E-state index in [4.69, 9.17) is 4.74 Å². The molecule has 17 heavy (non-hydrogen) atoms. The molecule has 3 nitrogen and oxygen atoms in total. The summed E-state index contributed by atoms with van der Waals surface area (Å²) >= 11 is 0. The van der Waals surface area contributed by atoms with Crippen molar-refractivity contribution in [3.8, 4) is 0 Å². The number of rotatable bonds is 6. The topological polar surface area (TPSA) is 38.3 Å². The van der Waals surface area contributed by atoms with Gasteiger partial charge in [0.25, 0.3) is 5.91 Å². The molecule has 1 aromatic carbocycles. The highest BCUT2D eigenvalue weighted by molar-refractivity contribution is 5.94. The van der Waals surface area contributed by atoms with Crippen LogP contribution in [0.15, 0.2) is 18.2 Å². The normalized spacial score (nSPS) is 10.3. The van der Waals surface area contributed by atoms with Gasteiger partial charge in [-0.15, -0.1) is 0 Å². The molecule has 0 atom stereocenters. The Hall–Kier alpha value is -1.42. The fourth-order valence-corrected chi connectivity index (χ4v) is 1.43. The summed E-state index contributed by atoms with van der Waals surface area (Å²) in [5.41, 5.74) is 0.965. The maximum atomic E-state index is 13.4. The van der Waals surface area contributed by atoms with Gasteiger partial charge in [-0.3, -0.25) is 4.79 Å². The molecule has 0 aliphatic heterocycles. The van der Waals surface area contributed by atoms with Crippen molar-refractivity contribution in [2.45, 2.75) is 20.3 Å². The molecule has 0 fully saturated rings. The fourth-order valence-electron chi connectivity index (χ4n) is 1.43. The minimum Gasteiger partial charge on any atom is -0.382 e. The lowest BCUT2D eigenvalue weighted by atomic mass is 10.1. The summed E-state index contributed by atoms with van der Waals surface area (Å²) in [6.45, 7) is 5.51. The van der Waals surface area contributed by atoms with Gasteiger partial charge in [-0.05, 0) is 32.4 Å². The van der Waals surface area contributed by atoms with Gasteiger partial charge in [0.1, 0.15) is 5.82 Å². The van der Waals surface area contributed by atoms with Crippen molar-refractivity contribution in [2.75, 3.05) is 19.8 Å². The third-order valence-electron chi connectivity index (χ3n) is 2.32. The molecule has 0 radical (unpaired) electrons. The molecule has 0 aliphatic carbocycles. The Bertz CT molecular complexity index is 380. The molecule has 1 rings (SSSR count). The number of carbonyl (C=O) groups is 1. The number of nitrogens with one attached hydrogen (secondary N) is 1. The average Bonchev–Trinajstić information content (AvgIpc) is 2.32. The molecule has 1 N–H and O–H groups in total. The van der Waals surface area contributed by atoms with Crippen LogP contribution in [-0.2, 0) is 4.74 Å². The van der Waals surface area contributed by atoms with Gasteiger partial charge in [-0.2, -0.15) is 0 Å². The summed E-state index contributed by atoms with van der Waals surface area (Å²) in [5, 5.41) is 2.67. The van der Waals surface area contributed by atoms with E-state index in [0.717, 1.165) is 12.0 Å². The van der Waals surface area contributed by atoms with Gasteiger partial charge in [0.15, 0.2) is 0 Å². The monoisotopic (exact) mass is 239 g/mol. The quantitative estimate of drug-likeness (QED) is 0.773. The summed E-state index contributed by atoms with van der Waals surface area (Å²) in [6, 6.07) is 4.50. The van der Waals surface area contributed by atoms with Gasteiger partial charge in [0.05, 0.1) is 5.56 Å². The minimum absolute atomic E-state index is 0.0985. The number of benzene rings is 1. The molecular formula is C13H18FNO2. The molecule has 94 valence electrons. The first kappa shape index (κ1) is 13.6. The Labute approximate surface area is 101 Å². The lowest BCUT2D eigenvalue weighted by molar-refractivity contribution is 0.0940. The van der Waals surface area contributed by atoms with Gasteiger partial charge in [-0.25, -0.2) is 4.39 Å². The van der Waals surface area contributed by atoms with E-state index in [1.165, 1.54) is 6.07 Å². The standard InChI is InChI=1S/C13H18FNO2/c1-3-17-8-4-7-15-13(16)11-9-10(2)5-6-12(11)14/h5-6,9H,3-4,7-8H2,1-2H3,(H,15,16). The molecule has 1 amide bonds. The zero-order valence-corrected chi connectivity index (χ0v) is 10.3. The van der Waals surface area contributed by atoms with E-state index >= 15 is 0 Å². The fraction of sp³-hybridized carbons (Fsp3) is 0.462. The van der Waals surface area contributed by atoms with Crippen LogP contribution in [0.5, 0.6) is 0 Å². The van der Waals surface area contributed by atoms with Crippen molar-refractivity contribution >= 4 is 5.91 Å². The van der Waals surface area contributed by atoms with Gasteiger partial charge in [0.2, 0.25) is 0 Å². The molecular weight excluding hydrogens is 221 g/mol. The van der Waals surface area contributed by atoms with Crippen molar-refractivity contribution < 1.29 is 13.9 Å². The van der Waals surface area contributed by atoms with E-state index in [0.29, 0.717) is 19.8 Å². The van der Waals surface area contributed by atoms with E-state index in [1.54, 1.807) is 12.1 Å². The third kappa shape index (κ3) is 4.53. The Balaban J connectivity index is 2.44. The second-order valence-corrected chi connectivity index (χ2v) is 3.79. The summed E-state index contributed by atoms with van der Waals surface area (Å²) in [5.74, 6) is -0.861. The summed E-state index contributed by atoms with van der Waals surface area (Å²) in [6.07, 6.45) is 0.729. The number of hydrogen-bond donors (Lipinski definition) is 1. The molecule has 0 aromatic heterocycles. The van der Waals surface area contributed by atoms with Crippen molar-refractivity contribution in [3.63, 3.8) is 0 Å². The Morgan fingerprint density at radius 1 is 1.47 bits per heavy atom. The highest BCUT2D eigenvalue weighted by Gasteiger charge is 2.10. The van der Waals surface area contributed by atoms with Crippen LogP contribution < -0.4 is 5.32 Å². The number of halogens is 1. The van der Waals surface area contributed by atoms with Crippen LogP contribution in [0.1, 0.15) is 29.3 Å². The first-order valence-corrected chi connectivity index (χ1v) is 5.77. The second-order valence-electron chi connectivity index (χ2n) is 3.79. The second kappa shape index (κ2) is 7.01. The lowest BCUT2D eigenvalue weighted by Gasteiger charge is -2.07. The third-order valence-corrected chi connectivity index (χ3v) is 2.32. The van der Waals surface area contributed by atoms with Crippen LogP contribution in [0.2, 0.25) is 0 Å². The van der Waals surface area contributed by atoms with Gasteiger partial charge >= 0.3 is 0 Å². The zero-order valence-electron chi connectivity index (χ0n) is 10.3. The Morgan fingerprint density at radius 2 is 2.24 bits per heavy atom. The predicted molar refractivity (Wildman–Crippen MR) is 64.6 cm³/mol.